The number of hydrogen-bond donors (Lipinski definition) is 1. The lowest BCUT2D eigenvalue weighted by Gasteiger charge is -2.15. The van der Waals surface area contributed by atoms with Crippen LogP contribution in [0, 0.1) is 6.92 Å². The summed E-state index contributed by atoms with van der Waals surface area (Å²) in [6.07, 6.45) is 0.990. The minimum atomic E-state index is -0.0842. The second-order valence-corrected chi connectivity index (χ2v) is 7.00. The maximum atomic E-state index is 12.5. The predicted octanol–water partition coefficient (Wildman–Crippen LogP) is 2.51. The third-order valence-corrected chi connectivity index (χ3v) is 5.28. The molecule has 2 heterocycles. The first kappa shape index (κ1) is 14.4. The highest BCUT2D eigenvalue weighted by Gasteiger charge is 2.23. The molecule has 1 atom stereocenters. The first-order chi connectivity index (χ1) is 10.1. The molecule has 2 aromatic rings. The van der Waals surface area contributed by atoms with E-state index in [1.807, 2.05) is 24.8 Å². The number of hydrogen-bond acceptors (Lipinski definition) is 3. The van der Waals surface area contributed by atoms with Crippen LogP contribution in [0.25, 0.3) is 0 Å². The molecule has 0 aliphatic carbocycles. The molecule has 0 saturated carbocycles. The summed E-state index contributed by atoms with van der Waals surface area (Å²) in [6.45, 7) is 2.62. The number of fused-ring (bicyclic) bond motifs is 1. The van der Waals surface area contributed by atoms with Crippen LogP contribution in [0.3, 0.4) is 0 Å². The molecule has 5 heteroatoms. The van der Waals surface area contributed by atoms with Gasteiger partial charge in [0, 0.05) is 22.4 Å². The Morgan fingerprint density at radius 3 is 2.86 bits per heavy atom. The summed E-state index contributed by atoms with van der Waals surface area (Å²) >= 11 is 6.79. The van der Waals surface area contributed by atoms with Crippen molar-refractivity contribution >= 4 is 29.0 Å². The van der Waals surface area contributed by atoms with Crippen LogP contribution in [0.15, 0.2) is 46.1 Å². The average Bonchev–Trinajstić information content (AvgIpc) is 2.85. The largest absolute Gasteiger partial charge is 0.389 e. The van der Waals surface area contributed by atoms with Gasteiger partial charge in [0.05, 0.1) is 5.56 Å². The van der Waals surface area contributed by atoms with E-state index in [-0.39, 0.29) is 10.5 Å². The number of benzene rings is 1. The van der Waals surface area contributed by atoms with Crippen LogP contribution < -0.4 is 11.3 Å². The van der Waals surface area contributed by atoms with Crippen molar-refractivity contribution in [1.29, 1.82) is 0 Å². The predicted molar refractivity (Wildman–Crippen MR) is 91.1 cm³/mol. The van der Waals surface area contributed by atoms with Gasteiger partial charge in [-0.25, -0.2) is 0 Å². The molecule has 3 nitrogen and oxygen atoms in total. The van der Waals surface area contributed by atoms with Crippen LogP contribution in [0.5, 0.6) is 0 Å². The average molecular weight is 316 g/mol. The van der Waals surface area contributed by atoms with Crippen LogP contribution in [0.2, 0.25) is 0 Å². The van der Waals surface area contributed by atoms with E-state index in [1.54, 1.807) is 10.6 Å². The summed E-state index contributed by atoms with van der Waals surface area (Å²) in [7, 11) is 0. The van der Waals surface area contributed by atoms with Crippen molar-refractivity contribution in [3.63, 3.8) is 0 Å². The summed E-state index contributed by atoms with van der Waals surface area (Å²) in [6, 6.07) is 12.0. The Morgan fingerprint density at radius 1 is 1.38 bits per heavy atom. The van der Waals surface area contributed by atoms with Crippen LogP contribution in [0.4, 0.5) is 0 Å². The first-order valence-corrected chi connectivity index (χ1v) is 8.10. The quantitative estimate of drug-likeness (QED) is 0.884. The van der Waals surface area contributed by atoms with Crippen molar-refractivity contribution in [2.75, 3.05) is 0 Å². The monoisotopic (exact) mass is 316 g/mol. The van der Waals surface area contributed by atoms with E-state index in [2.05, 4.69) is 24.3 Å². The zero-order chi connectivity index (χ0) is 15.0. The highest BCUT2D eigenvalue weighted by molar-refractivity contribution is 8.00. The zero-order valence-electron chi connectivity index (χ0n) is 11.7. The van der Waals surface area contributed by atoms with E-state index < -0.39 is 0 Å². The number of thiocarbonyl (C=S) groups is 1. The molecule has 21 heavy (non-hydrogen) atoms. The van der Waals surface area contributed by atoms with Crippen molar-refractivity contribution in [1.82, 2.24) is 4.57 Å². The lowest BCUT2D eigenvalue weighted by atomic mass is 10.1. The second-order valence-electron chi connectivity index (χ2n) is 5.22. The maximum Gasteiger partial charge on any atom is 0.261 e. The fraction of sp³-hybridized carbons (Fsp3) is 0.250. The van der Waals surface area contributed by atoms with Gasteiger partial charge < -0.3 is 10.3 Å². The van der Waals surface area contributed by atoms with Gasteiger partial charge in [-0.05, 0) is 37.1 Å². The summed E-state index contributed by atoms with van der Waals surface area (Å²) in [5.74, 6) is 0. The number of nitrogens with zero attached hydrogens (tertiary/aromatic N) is 1. The smallest absolute Gasteiger partial charge is 0.261 e. The molecule has 108 valence electrons. The Kier molecular flexibility index (Phi) is 3.87. The second kappa shape index (κ2) is 5.66. The van der Waals surface area contributed by atoms with Gasteiger partial charge in [-0.15, -0.1) is 11.8 Å². The Labute approximate surface area is 133 Å². The summed E-state index contributed by atoms with van der Waals surface area (Å²) in [5.41, 5.74) is 8.27. The number of thioether (sulfide) groups is 1. The topological polar surface area (TPSA) is 48.0 Å². The van der Waals surface area contributed by atoms with Crippen molar-refractivity contribution in [2.24, 2.45) is 5.73 Å². The van der Waals surface area contributed by atoms with Gasteiger partial charge in [0.15, 0.2) is 0 Å². The molecule has 0 radical (unpaired) electrons. The molecule has 0 spiro atoms. The number of rotatable bonds is 3. The summed E-state index contributed by atoms with van der Waals surface area (Å²) in [5, 5.41) is 0.375. The van der Waals surface area contributed by atoms with E-state index >= 15 is 0 Å². The van der Waals surface area contributed by atoms with Crippen molar-refractivity contribution < 1.29 is 0 Å². The Morgan fingerprint density at radius 2 is 2.14 bits per heavy atom. The maximum absolute atomic E-state index is 12.5. The minimum Gasteiger partial charge on any atom is -0.389 e. The van der Waals surface area contributed by atoms with E-state index in [9.17, 15) is 4.79 Å². The highest BCUT2D eigenvalue weighted by atomic mass is 32.2. The molecular formula is C16H16N2OS2. The lowest BCUT2D eigenvalue weighted by molar-refractivity contribution is 0.624. The van der Waals surface area contributed by atoms with Crippen molar-refractivity contribution in [3.05, 3.63) is 63.6 Å². The minimum absolute atomic E-state index is 0.0842. The lowest BCUT2D eigenvalue weighted by Crippen LogP contribution is -2.32. The molecule has 1 aliphatic rings. The van der Waals surface area contributed by atoms with Gasteiger partial charge in [-0.2, -0.15) is 0 Å². The van der Waals surface area contributed by atoms with Crippen LogP contribution in [-0.2, 0) is 13.0 Å². The zero-order valence-corrected chi connectivity index (χ0v) is 13.3. The van der Waals surface area contributed by atoms with E-state index in [1.165, 1.54) is 10.5 Å². The van der Waals surface area contributed by atoms with Gasteiger partial charge in [-0.3, -0.25) is 4.79 Å². The van der Waals surface area contributed by atoms with Gasteiger partial charge in [-0.1, -0.05) is 30.4 Å². The molecule has 3 rings (SSSR count). The number of pyridine rings is 1. The molecule has 1 aliphatic heterocycles. The fourth-order valence-electron chi connectivity index (χ4n) is 2.64. The third kappa shape index (κ3) is 2.76. The van der Waals surface area contributed by atoms with Gasteiger partial charge in [0.2, 0.25) is 0 Å². The molecular weight excluding hydrogens is 300 g/mol. The van der Waals surface area contributed by atoms with Crippen LogP contribution in [0.1, 0.15) is 16.8 Å². The Hall–Kier alpha value is -1.59. The number of aryl methyl sites for hydroxylation is 1. The van der Waals surface area contributed by atoms with Gasteiger partial charge >= 0.3 is 0 Å². The van der Waals surface area contributed by atoms with Crippen molar-refractivity contribution in [2.45, 2.75) is 30.0 Å². The summed E-state index contributed by atoms with van der Waals surface area (Å²) in [4.78, 5) is 14.0. The number of aromatic nitrogens is 1. The molecule has 2 N–H and O–H groups in total. The fourth-order valence-corrected chi connectivity index (χ4v) is 4.11. The SMILES string of the molecule is Cc1ccc(C(N)=S)c(=O)n1CC1Cc2ccccc2S1. The number of nitrogens with two attached hydrogens (primary N) is 1. The normalized spacial score (nSPS) is 16.7. The standard InChI is InChI=1S/C16H16N2OS2/c1-10-6-7-13(15(17)20)16(19)18(10)9-12-8-11-4-2-3-5-14(11)21-12/h2-7,12H,8-9H2,1H3,(H2,17,20). The highest BCUT2D eigenvalue weighted by Crippen LogP contribution is 2.37. The Bertz CT molecular complexity index is 742. The Balaban J connectivity index is 1.89. The van der Waals surface area contributed by atoms with E-state index in [4.69, 9.17) is 18.0 Å². The molecule has 0 bridgehead atoms. The third-order valence-electron chi connectivity index (χ3n) is 3.76. The molecule has 1 aromatic carbocycles. The van der Waals surface area contributed by atoms with Gasteiger partial charge in [0.25, 0.3) is 5.56 Å². The van der Waals surface area contributed by atoms with Gasteiger partial charge in [0.1, 0.15) is 4.99 Å². The van der Waals surface area contributed by atoms with Crippen molar-refractivity contribution in [3.8, 4) is 0 Å². The summed E-state index contributed by atoms with van der Waals surface area (Å²) < 4.78 is 1.79. The van der Waals surface area contributed by atoms with Crippen LogP contribution >= 0.6 is 24.0 Å². The molecule has 0 amide bonds. The molecule has 0 saturated heterocycles. The van der Waals surface area contributed by atoms with E-state index in [0.717, 1.165) is 12.1 Å². The molecule has 1 aromatic heterocycles. The molecule has 0 fully saturated rings. The van der Waals surface area contributed by atoms with Crippen LogP contribution in [-0.4, -0.2) is 14.8 Å². The van der Waals surface area contributed by atoms with E-state index in [0.29, 0.717) is 17.4 Å². The molecule has 1 unspecified atom stereocenters. The first-order valence-electron chi connectivity index (χ1n) is 6.81.